The van der Waals surface area contributed by atoms with Crippen LogP contribution in [-0.4, -0.2) is 31.3 Å². The van der Waals surface area contributed by atoms with Crippen LogP contribution in [0.15, 0.2) is 72.1 Å². The van der Waals surface area contributed by atoms with Gasteiger partial charge in [0.05, 0.1) is 21.5 Å². The molecule has 0 radical (unpaired) electrons. The smallest absolute Gasteiger partial charge is 0.196 e. The highest BCUT2D eigenvalue weighted by Gasteiger charge is 2.18. The minimum absolute atomic E-state index is 0.0200. The molecule has 5 nitrogen and oxygen atoms in total. The Morgan fingerprint density at radius 3 is 2.53 bits per heavy atom. The maximum atomic E-state index is 12.6. The first kappa shape index (κ1) is 20.6. The molecule has 2 heterocycles. The highest BCUT2D eigenvalue weighted by Crippen LogP contribution is 2.31. The number of benzene rings is 2. The summed E-state index contributed by atoms with van der Waals surface area (Å²) in [6, 6.07) is 16.6. The van der Waals surface area contributed by atoms with Crippen LogP contribution >= 0.6 is 35.0 Å². The van der Waals surface area contributed by atoms with Crippen LogP contribution in [0.25, 0.3) is 17.1 Å². The van der Waals surface area contributed by atoms with Crippen molar-refractivity contribution in [2.24, 2.45) is 0 Å². The summed E-state index contributed by atoms with van der Waals surface area (Å²) in [5, 5.41) is 10.1. The fourth-order valence-corrected chi connectivity index (χ4v) is 3.99. The van der Waals surface area contributed by atoms with Crippen molar-refractivity contribution in [2.45, 2.75) is 12.1 Å². The lowest BCUT2D eigenvalue weighted by atomic mass is 10.1. The molecular formula is C22H16Cl2N4OS. The number of ketones is 1. The van der Waals surface area contributed by atoms with E-state index in [1.165, 1.54) is 11.8 Å². The number of carbonyl (C=O) groups excluding carboxylic acids is 1. The Labute approximate surface area is 188 Å². The average Bonchev–Trinajstić information content (AvgIpc) is 3.19. The van der Waals surface area contributed by atoms with Gasteiger partial charge in [-0.05, 0) is 37.3 Å². The van der Waals surface area contributed by atoms with E-state index in [1.54, 1.807) is 24.5 Å². The van der Waals surface area contributed by atoms with Crippen molar-refractivity contribution in [1.29, 1.82) is 0 Å². The zero-order valence-corrected chi connectivity index (χ0v) is 18.2. The van der Waals surface area contributed by atoms with E-state index in [2.05, 4.69) is 15.2 Å². The van der Waals surface area contributed by atoms with Gasteiger partial charge < -0.3 is 0 Å². The van der Waals surface area contributed by atoms with Crippen molar-refractivity contribution in [1.82, 2.24) is 19.7 Å². The highest BCUT2D eigenvalue weighted by molar-refractivity contribution is 7.99. The number of aromatic nitrogens is 4. The first-order valence-electron chi connectivity index (χ1n) is 9.07. The molecule has 0 bridgehead atoms. The quantitative estimate of drug-likeness (QED) is 0.267. The second-order valence-electron chi connectivity index (χ2n) is 6.56. The minimum atomic E-state index is 0.0200. The van der Waals surface area contributed by atoms with Crippen LogP contribution in [0.2, 0.25) is 10.0 Å². The van der Waals surface area contributed by atoms with E-state index in [-0.39, 0.29) is 11.5 Å². The lowest BCUT2D eigenvalue weighted by molar-refractivity contribution is 0.102. The Bertz CT molecular complexity index is 1190. The maximum Gasteiger partial charge on any atom is 0.196 e. The average molecular weight is 455 g/mol. The van der Waals surface area contributed by atoms with Gasteiger partial charge in [0.25, 0.3) is 0 Å². The van der Waals surface area contributed by atoms with E-state index in [1.807, 2.05) is 54.0 Å². The molecule has 0 aliphatic carbocycles. The van der Waals surface area contributed by atoms with Gasteiger partial charge in [-0.15, -0.1) is 10.2 Å². The second kappa shape index (κ2) is 9.00. The van der Waals surface area contributed by atoms with Crippen LogP contribution < -0.4 is 0 Å². The van der Waals surface area contributed by atoms with Gasteiger partial charge in [-0.3, -0.25) is 14.3 Å². The Kier molecular flexibility index (Phi) is 6.18. The number of hydrogen-bond acceptors (Lipinski definition) is 5. The number of carbonyl (C=O) groups is 1. The molecule has 0 N–H and O–H groups in total. The third kappa shape index (κ3) is 4.41. The van der Waals surface area contributed by atoms with Crippen molar-refractivity contribution in [2.75, 3.05) is 5.75 Å². The summed E-state index contributed by atoms with van der Waals surface area (Å²) >= 11 is 13.6. The van der Waals surface area contributed by atoms with E-state index in [9.17, 15) is 4.79 Å². The summed E-state index contributed by atoms with van der Waals surface area (Å²) in [4.78, 5) is 16.8. The third-order valence-corrected chi connectivity index (χ3v) is 6.09. The molecule has 0 saturated heterocycles. The van der Waals surface area contributed by atoms with Crippen LogP contribution in [0.3, 0.4) is 0 Å². The molecule has 0 aliphatic heterocycles. The van der Waals surface area contributed by atoms with E-state index >= 15 is 0 Å². The fourth-order valence-electron chi connectivity index (χ4n) is 2.86. The van der Waals surface area contributed by atoms with Crippen molar-refractivity contribution in [3.05, 3.63) is 88.2 Å². The van der Waals surface area contributed by atoms with Crippen LogP contribution in [0.1, 0.15) is 15.9 Å². The van der Waals surface area contributed by atoms with Gasteiger partial charge in [-0.1, -0.05) is 64.8 Å². The fraction of sp³-hybridized carbons (Fsp3) is 0.0909. The number of rotatable bonds is 6. The molecule has 0 fully saturated rings. The SMILES string of the molecule is Cc1ccc(C(=O)CSc2nnc(-c3cccnc3)n2-c2ccc(Cl)c(Cl)c2)cc1. The molecule has 8 heteroatoms. The summed E-state index contributed by atoms with van der Waals surface area (Å²) in [7, 11) is 0. The second-order valence-corrected chi connectivity index (χ2v) is 8.32. The standard InChI is InChI=1S/C22H16Cl2N4OS/c1-14-4-6-15(7-5-14)20(29)13-30-22-27-26-21(16-3-2-10-25-12-16)28(22)17-8-9-18(23)19(24)11-17/h2-12H,13H2,1H3. The summed E-state index contributed by atoms with van der Waals surface area (Å²) in [6.45, 7) is 1.99. The number of nitrogens with zero attached hydrogens (tertiary/aromatic N) is 4. The van der Waals surface area contributed by atoms with Crippen molar-refractivity contribution >= 4 is 40.7 Å². The van der Waals surface area contributed by atoms with Gasteiger partial charge in [0, 0.05) is 23.5 Å². The maximum absolute atomic E-state index is 12.6. The summed E-state index contributed by atoms with van der Waals surface area (Å²) < 4.78 is 1.85. The number of pyridine rings is 1. The molecule has 0 saturated carbocycles. The van der Waals surface area contributed by atoms with Crippen LogP contribution in [-0.2, 0) is 0 Å². The minimum Gasteiger partial charge on any atom is -0.293 e. The number of thioether (sulfide) groups is 1. The number of hydrogen-bond donors (Lipinski definition) is 0. The van der Waals surface area contributed by atoms with Gasteiger partial charge >= 0.3 is 0 Å². The molecule has 30 heavy (non-hydrogen) atoms. The zero-order chi connectivity index (χ0) is 21.1. The number of Topliss-reactive ketones (excluding diaryl/α,β-unsaturated/α-hetero) is 1. The Morgan fingerprint density at radius 2 is 1.83 bits per heavy atom. The van der Waals surface area contributed by atoms with Crippen LogP contribution in [0.5, 0.6) is 0 Å². The van der Waals surface area contributed by atoms with Crippen molar-refractivity contribution in [3.63, 3.8) is 0 Å². The van der Waals surface area contributed by atoms with E-state index in [0.29, 0.717) is 26.6 Å². The van der Waals surface area contributed by atoms with Gasteiger partial charge in [0.2, 0.25) is 0 Å². The number of halogens is 2. The molecule has 0 atom stereocenters. The predicted octanol–water partition coefficient (Wildman–Crippen LogP) is 5.92. The van der Waals surface area contributed by atoms with E-state index in [4.69, 9.17) is 23.2 Å². The molecule has 2 aromatic heterocycles. The molecular weight excluding hydrogens is 439 g/mol. The van der Waals surface area contributed by atoms with E-state index < -0.39 is 0 Å². The van der Waals surface area contributed by atoms with Crippen molar-refractivity contribution < 1.29 is 4.79 Å². The molecule has 0 unspecified atom stereocenters. The van der Waals surface area contributed by atoms with Crippen LogP contribution in [0, 0.1) is 6.92 Å². The Morgan fingerprint density at radius 1 is 1.03 bits per heavy atom. The summed E-state index contributed by atoms with van der Waals surface area (Å²) in [5.41, 5.74) is 3.33. The van der Waals surface area contributed by atoms with Gasteiger partial charge in [0.15, 0.2) is 16.8 Å². The van der Waals surface area contributed by atoms with Crippen LogP contribution in [0.4, 0.5) is 0 Å². The molecule has 0 spiro atoms. The molecule has 150 valence electrons. The van der Waals surface area contributed by atoms with Gasteiger partial charge in [-0.25, -0.2) is 0 Å². The first-order chi connectivity index (χ1) is 14.5. The molecule has 4 rings (SSSR count). The molecule has 0 aliphatic rings. The summed E-state index contributed by atoms with van der Waals surface area (Å²) in [6.07, 6.45) is 3.41. The van der Waals surface area contributed by atoms with E-state index in [0.717, 1.165) is 16.8 Å². The normalized spacial score (nSPS) is 10.9. The van der Waals surface area contributed by atoms with Gasteiger partial charge in [0.1, 0.15) is 0 Å². The molecule has 4 aromatic rings. The first-order valence-corrected chi connectivity index (χ1v) is 10.8. The third-order valence-electron chi connectivity index (χ3n) is 4.42. The topological polar surface area (TPSA) is 60.7 Å². The largest absolute Gasteiger partial charge is 0.293 e. The Balaban J connectivity index is 1.69. The monoisotopic (exact) mass is 454 g/mol. The Hall–Kier alpha value is -2.67. The lowest BCUT2D eigenvalue weighted by Gasteiger charge is -2.11. The number of aryl methyl sites for hydroxylation is 1. The highest BCUT2D eigenvalue weighted by atomic mass is 35.5. The lowest BCUT2D eigenvalue weighted by Crippen LogP contribution is -2.05. The summed E-state index contributed by atoms with van der Waals surface area (Å²) in [5.74, 6) is 0.855. The molecule has 2 aromatic carbocycles. The predicted molar refractivity (Wildman–Crippen MR) is 121 cm³/mol. The van der Waals surface area contributed by atoms with Crippen molar-refractivity contribution in [3.8, 4) is 17.1 Å². The molecule has 0 amide bonds. The zero-order valence-electron chi connectivity index (χ0n) is 15.9. The van der Waals surface area contributed by atoms with Gasteiger partial charge in [-0.2, -0.15) is 0 Å².